The summed E-state index contributed by atoms with van der Waals surface area (Å²) >= 11 is 4.87. The van der Waals surface area contributed by atoms with Gasteiger partial charge in [-0.2, -0.15) is 0 Å². The van der Waals surface area contributed by atoms with E-state index >= 15 is 0 Å². The molecule has 0 spiro atoms. The summed E-state index contributed by atoms with van der Waals surface area (Å²) in [6.45, 7) is 5.89. The van der Waals surface area contributed by atoms with Gasteiger partial charge in [0.05, 0.1) is 5.25 Å². The van der Waals surface area contributed by atoms with E-state index in [1.807, 2.05) is 26.0 Å². The number of carbonyl (C=O) groups is 1. The predicted molar refractivity (Wildman–Crippen MR) is 81.4 cm³/mol. The molecule has 0 bridgehead atoms. The number of nitrogens with one attached hydrogen (secondary N) is 1. The first-order valence-electron chi connectivity index (χ1n) is 6.27. The van der Waals surface area contributed by atoms with E-state index in [0.29, 0.717) is 19.8 Å². The number of halogens is 1. The number of pyridine rings is 1. The van der Waals surface area contributed by atoms with Gasteiger partial charge in [0.2, 0.25) is 5.91 Å². The minimum Gasteiger partial charge on any atom is -0.382 e. The lowest BCUT2D eigenvalue weighted by Crippen LogP contribution is -2.32. The predicted octanol–water partition coefficient (Wildman–Crippen LogP) is 2.87. The van der Waals surface area contributed by atoms with E-state index in [-0.39, 0.29) is 11.2 Å². The summed E-state index contributed by atoms with van der Waals surface area (Å²) in [5, 5.41) is 3.56. The zero-order valence-corrected chi connectivity index (χ0v) is 13.6. The van der Waals surface area contributed by atoms with E-state index in [9.17, 15) is 4.79 Å². The Morgan fingerprint density at radius 1 is 1.63 bits per heavy atom. The molecule has 1 unspecified atom stereocenters. The van der Waals surface area contributed by atoms with Crippen LogP contribution in [0.4, 0.5) is 0 Å². The van der Waals surface area contributed by atoms with Crippen molar-refractivity contribution in [1.29, 1.82) is 0 Å². The number of hydrogen-bond acceptors (Lipinski definition) is 4. The van der Waals surface area contributed by atoms with Crippen molar-refractivity contribution in [2.24, 2.45) is 0 Å². The molecule has 1 amide bonds. The summed E-state index contributed by atoms with van der Waals surface area (Å²) in [7, 11) is 0. The summed E-state index contributed by atoms with van der Waals surface area (Å²) in [5.41, 5.74) is 0. The number of rotatable bonds is 8. The largest absolute Gasteiger partial charge is 0.382 e. The molecule has 1 aromatic heterocycles. The Hall–Kier alpha value is -0.590. The maximum atomic E-state index is 11.9. The SMILES string of the molecule is CCOCCCNC(=O)C(C)Sc1ncccc1Br. The third-order valence-electron chi connectivity index (χ3n) is 2.35. The van der Waals surface area contributed by atoms with Crippen molar-refractivity contribution < 1.29 is 9.53 Å². The molecule has 0 fully saturated rings. The number of amides is 1. The molecule has 1 aromatic rings. The maximum Gasteiger partial charge on any atom is 0.233 e. The Kier molecular flexibility index (Phi) is 8.09. The van der Waals surface area contributed by atoms with Gasteiger partial charge in [0.1, 0.15) is 5.03 Å². The fourth-order valence-corrected chi connectivity index (χ4v) is 2.72. The summed E-state index contributed by atoms with van der Waals surface area (Å²) in [6.07, 6.45) is 2.56. The summed E-state index contributed by atoms with van der Waals surface area (Å²) in [5.74, 6) is 0.0269. The van der Waals surface area contributed by atoms with Crippen LogP contribution < -0.4 is 5.32 Å². The fraction of sp³-hybridized carbons (Fsp3) is 0.538. The molecule has 0 aromatic carbocycles. The zero-order valence-electron chi connectivity index (χ0n) is 11.2. The van der Waals surface area contributed by atoms with Gasteiger partial charge in [0.15, 0.2) is 0 Å². The van der Waals surface area contributed by atoms with Crippen LogP contribution in [0.15, 0.2) is 27.8 Å². The Bertz CT molecular complexity index is 404. The standard InChI is InChI=1S/C13H19BrN2O2S/c1-3-18-9-5-8-15-12(17)10(2)19-13-11(14)6-4-7-16-13/h4,6-7,10H,3,5,8-9H2,1-2H3,(H,15,17). The second-order valence-electron chi connectivity index (χ2n) is 3.89. The van der Waals surface area contributed by atoms with E-state index < -0.39 is 0 Å². The Morgan fingerprint density at radius 2 is 2.42 bits per heavy atom. The molecule has 1 rings (SSSR count). The van der Waals surface area contributed by atoms with Crippen molar-refractivity contribution in [3.63, 3.8) is 0 Å². The second kappa shape index (κ2) is 9.34. The molecule has 0 aliphatic rings. The highest BCUT2D eigenvalue weighted by atomic mass is 79.9. The molecular formula is C13H19BrN2O2S. The lowest BCUT2D eigenvalue weighted by Gasteiger charge is -2.12. The number of aromatic nitrogens is 1. The van der Waals surface area contributed by atoms with Crippen LogP contribution in [0.1, 0.15) is 20.3 Å². The van der Waals surface area contributed by atoms with Crippen molar-refractivity contribution in [2.45, 2.75) is 30.5 Å². The maximum absolute atomic E-state index is 11.9. The van der Waals surface area contributed by atoms with Gasteiger partial charge in [-0.1, -0.05) is 11.8 Å². The molecule has 106 valence electrons. The number of hydrogen-bond donors (Lipinski definition) is 1. The molecule has 0 aliphatic heterocycles. The molecule has 1 heterocycles. The van der Waals surface area contributed by atoms with Crippen molar-refractivity contribution >= 4 is 33.6 Å². The van der Waals surface area contributed by atoms with Gasteiger partial charge in [0, 0.05) is 30.4 Å². The first-order chi connectivity index (χ1) is 9.15. The monoisotopic (exact) mass is 346 g/mol. The lowest BCUT2D eigenvalue weighted by atomic mass is 10.4. The van der Waals surface area contributed by atoms with Crippen LogP contribution in [-0.2, 0) is 9.53 Å². The molecule has 0 saturated heterocycles. The number of ether oxygens (including phenoxy) is 1. The molecule has 1 N–H and O–H groups in total. The molecule has 4 nitrogen and oxygen atoms in total. The van der Waals surface area contributed by atoms with Gasteiger partial charge < -0.3 is 10.1 Å². The van der Waals surface area contributed by atoms with E-state index in [0.717, 1.165) is 15.9 Å². The van der Waals surface area contributed by atoms with Gasteiger partial charge >= 0.3 is 0 Å². The summed E-state index contributed by atoms with van der Waals surface area (Å²) < 4.78 is 6.13. The smallest absolute Gasteiger partial charge is 0.233 e. The van der Waals surface area contributed by atoms with Crippen molar-refractivity contribution in [3.8, 4) is 0 Å². The van der Waals surface area contributed by atoms with Crippen LogP contribution in [0, 0.1) is 0 Å². The van der Waals surface area contributed by atoms with Gasteiger partial charge in [-0.25, -0.2) is 4.98 Å². The summed E-state index contributed by atoms with van der Waals surface area (Å²) in [4.78, 5) is 16.1. The fourth-order valence-electron chi connectivity index (χ4n) is 1.35. The van der Waals surface area contributed by atoms with Gasteiger partial charge in [0.25, 0.3) is 0 Å². The molecule has 6 heteroatoms. The van der Waals surface area contributed by atoms with Crippen LogP contribution in [0.5, 0.6) is 0 Å². The van der Waals surface area contributed by atoms with Gasteiger partial charge in [-0.05, 0) is 48.3 Å². The van der Waals surface area contributed by atoms with E-state index in [4.69, 9.17) is 4.74 Å². The third kappa shape index (κ3) is 6.40. The second-order valence-corrected chi connectivity index (χ2v) is 6.08. The van der Waals surface area contributed by atoms with Crippen molar-refractivity contribution in [1.82, 2.24) is 10.3 Å². The first-order valence-corrected chi connectivity index (χ1v) is 7.95. The Balaban J connectivity index is 2.31. The number of carbonyl (C=O) groups excluding carboxylic acids is 1. The number of nitrogens with zero attached hydrogens (tertiary/aromatic N) is 1. The van der Waals surface area contributed by atoms with Crippen molar-refractivity contribution in [2.75, 3.05) is 19.8 Å². The quantitative estimate of drug-likeness (QED) is 0.580. The zero-order chi connectivity index (χ0) is 14.1. The Labute approximate surface area is 126 Å². The van der Waals surface area contributed by atoms with Crippen LogP contribution in [0.3, 0.4) is 0 Å². The molecule has 0 aliphatic carbocycles. The van der Waals surface area contributed by atoms with Crippen LogP contribution in [-0.4, -0.2) is 35.9 Å². The third-order valence-corrected chi connectivity index (χ3v) is 4.37. The molecule has 19 heavy (non-hydrogen) atoms. The van der Waals surface area contributed by atoms with Crippen LogP contribution >= 0.6 is 27.7 Å². The first kappa shape index (κ1) is 16.5. The van der Waals surface area contributed by atoms with E-state index in [1.54, 1.807) is 6.20 Å². The summed E-state index contributed by atoms with van der Waals surface area (Å²) in [6, 6.07) is 3.77. The van der Waals surface area contributed by atoms with E-state index in [2.05, 4.69) is 26.2 Å². The molecular weight excluding hydrogens is 328 g/mol. The minimum atomic E-state index is -0.168. The average Bonchev–Trinajstić information content (AvgIpc) is 2.41. The Morgan fingerprint density at radius 3 is 3.11 bits per heavy atom. The normalized spacial score (nSPS) is 12.2. The highest BCUT2D eigenvalue weighted by molar-refractivity contribution is 9.10. The van der Waals surface area contributed by atoms with Crippen molar-refractivity contribution in [3.05, 3.63) is 22.8 Å². The van der Waals surface area contributed by atoms with Gasteiger partial charge in [-0.3, -0.25) is 4.79 Å². The molecule has 0 radical (unpaired) electrons. The molecule has 1 atom stereocenters. The number of thioether (sulfide) groups is 1. The van der Waals surface area contributed by atoms with Crippen LogP contribution in [0.2, 0.25) is 0 Å². The lowest BCUT2D eigenvalue weighted by molar-refractivity contribution is -0.120. The topological polar surface area (TPSA) is 51.2 Å². The van der Waals surface area contributed by atoms with Crippen LogP contribution in [0.25, 0.3) is 0 Å². The molecule has 0 saturated carbocycles. The minimum absolute atomic E-state index is 0.0269. The van der Waals surface area contributed by atoms with Gasteiger partial charge in [-0.15, -0.1) is 0 Å². The highest BCUT2D eigenvalue weighted by Gasteiger charge is 2.15. The van der Waals surface area contributed by atoms with E-state index in [1.165, 1.54) is 11.8 Å². The highest BCUT2D eigenvalue weighted by Crippen LogP contribution is 2.28. The average molecular weight is 347 g/mol.